The molecule has 1 aliphatic rings. The summed E-state index contributed by atoms with van der Waals surface area (Å²) < 4.78 is 34.4. The minimum absolute atomic E-state index is 0.107. The van der Waals surface area contributed by atoms with Gasteiger partial charge in [0.15, 0.2) is 0 Å². The molecule has 0 atom stereocenters. The van der Waals surface area contributed by atoms with Gasteiger partial charge in [-0.3, -0.25) is 0 Å². The minimum atomic E-state index is -3.36. The second-order valence-electron chi connectivity index (χ2n) is 8.58. The number of hydrogen-bond acceptors (Lipinski definition) is 1. The van der Waals surface area contributed by atoms with Crippen molar-refractivity contribution >= 4 is 6.08 Å². The molecule has 0 spiro atoms. The molecule has 1 fully saturated rings. The topological polar surface area (TPSA) is 9.23 Å². The van der Waals surface area contributed by atoms with Gasteiger partial charge in [-0.25, -0.2) is 0 Å². The zero-order valence-corrected chi connectivity index (χ0v) is 18.5. The van der Waals surface area contributed by atoms with Gasteiger partial charge in [0, 0.05) is 0 Å². The molecule has 166 valence electrons. The number of alkyl halides is 2. The number of benzene rings is 2. The number of allylic oxidation sites excluding steroid dienone is 2. The number of ether oxygens (including phenoxy) is 1. The first kappa shape index (κ1) is 23.2. The highest BCUT2D eigenvalue weighted by atomic mass is 19.3. The van der Waals surface area contributed by atoms with E-state index in [2.05, 4.69) is 13.5 Å². The lowest BCUT2D eigenvalue weighted by molar-refractivity contribution is -0.185. The van der Waals surface area contributed by atoms with E-state index in [1.807, 2.05) is 30.4 Å². The highest BCUT2D eigenvalue weighted by Gasteiger charge is 2.34. The van der Waals surface area contributed by atoms with Crippen molar-refractivity contribution in [2.75, 3.05) is 0 Å². The van der Waals surface area contributed by atoms with Gasteiger partial charge < -0.3 is 4.74 Å². The summed E-state index contributed by atoms with van der Waals surface area (Å²) >= 11 is 0. The van der Waals surface area contributed by atoms with E-state index in [9.17, 15) is 8.78 Å². The van der Waals surface area contributed by atoms with E-state index in [1.54, 1.807) is 24.3 Å². The Balaban J connectivity index is 1.58. The van der Waals surface area contributed by atoms with Crippen molar-refractivity contribution in [1.82, 2.24) is 0 Å². The predicted octanol–water partition coefficient (Wildman–Crippen LogP) is 8.87. The van der Waals surface area contributed by atoms with Crippen molar-refractivity contribution in [3.63, 3.8) is 0 Å². The van der Waals surface area contributed by atoms with E-state index in [0.29, 0.717) is 5.92 Å². The quantitative estimate of drug-likeness (QED) is 0.273. The standard InChI is InChI=1S/C28H34F2O/c1-3-5-6-7-9-23-12-20-27(21-13-23)31-28(29,30)26-18-16-25(17-19-26)24-14-10-22(8-4-2)11-15-24/h3,7,9,12-13,16-22,24H,1,4-6,8,10-11,14-15H2,2H3/b9-7+. The molecule has 1 saturated carbocycles. The van der Waals surface area contributed by atoms with Crippen LogP contribution in [-0.2, 0) is 6.11 Å². The van der Waals surface area contributed by atoms with Crippen LogP contribution in [0.4, 0.5) is 8.78 Å². The molecular formula is C28H34F2O. The molecule has 0 aromatic heterocycles. The van der Waals surface area contributed by atoms with Crippen molar-refractivity contribution < 1.29 is 13.5 Å². The summed E-state index contributed by atoms with van der Waals surface area (Å²) in [6.07, 6.45) is 11.7. The van der Waals surface area contributed by atoms with Crippen molar-refractivity contribution in [3.05, 3.63) is 84.0 Å². The number of rotatable bonds is 10. The predicted molar refractivity (Wildman–Crippen MR) is 125 cm³/mol. The molecule has 3 heteroatoms. The summed E-state index contributed by atoms with van der Waals surface area (Å²) in [4.78, 5) is 0. The second kappa shape index (κ2) is 11.3. The van der Waals surface area contributed by atoms with Crippen molar-refractivity contribution in [2.24, 2.45) is 5.92 Å². The first-order valence-corrected chi connectivity index (χ1v) is 11.6. The van der Waals surface area contributed by atoms with E-state index < -0.39 is 6.11 Å². The summed E-state index contributed by atoms with van der Waals surface area (Å²) in [5.41, 5.74) is 2.02. The highest BCUT2D eigenvalue weighted by Crippen LogP contribution is 2.38. The molecule has 0 amide bonds. The maximum atomic E-state index is 14.7. The molecule has 0 heterocycles. The molecule has 0 radical (unpaired) electrons. The maximum absolute atomic E-state index is 14.7. The fraction of sp³-hybridized carbons (Fsp3) is 0.429. The van der Waals surface area contributed by atoms with E-state index >= 15 is 0 Å². The molecule has 1 aliphatic carbocycles. The molecule has 0 unspecified atom stereocenters. The van der Waals surface area contributed by atoms with Crippen molar-refractivity contribution in [1.29, 1.82) is 0 Å². The van der Waals surface area contributed by atoms with Crippen LogP contribution in [0.1, 0.15) is 80.9 Å². The smallest absolute Gasteiger partial charge is 0.426 e. The number of unbranched alkanes of at least 4 members (excludes halogenated alkanes) is 1. The van der Waals surface area contributed by atoms with Gasteiger partial charge in [0.25, 0.3) is 0 Å². The monoisotopic (exact) mass is 424 g/mol. The fourth-order valence-electron chi connectivity index (χ4n) is 4.43. The Labute approximate surface area is 185 Å². The van der Waals surface area contributed by atoms with E-state index in [4.69, 9.17) is 4.74 Å². The Hall–Kier alpha value is -2.42. The van der Waals surface area contributed by atoms with Crippen LogP contribution < -0.4 is 4.74 Å². The van der Waals surface area contributed by atoms with Gasteiger partial charge in [-0.05, 0) is 85.8 Å². The molecule has 2 aromatic rings. The number of halogens is 2. The lowest BCUT2D eigenvalue weighted by atomic mass is 9.77. The summed E-state index contributed by atoms with van der Waals surface area (Å²) in [6, 6.07) is 13.5. The summed E-state index contributed by atoms with van der Waals surface area (Å²) in [6.45, 7) is 5.93. The van der Waals surface area contributed by atoms with Crippen molar-refractivity contribution in [2.45, 2.75) is 70.3 Å². The molecule has 1 nitrogen and oxygen atoms in total. The molecule has 3 rings (SSSR count). The van der Waals surface area contributed by atoms with E-state index in [0.717, 1.165) is 37.2 Å². The normalized spacial score (nSPS) is 19.5. The average molecular weight is 425 g/mol. The summed E-state index contributed by atoms with van der Waals surface area (Å²) in [5, 5.41) is 0. The Morgan fingerprint density at radius 2 is 1.65 bits per heavy atom. The first-order valence-electron chi connectivity index (χ1n) is 11.6. The van der Waals surface area contributed by atoms with Crippen LogP contribution in [0.15, 0.2) is 67.3 Å². The third kappa shape index (κ3) is 6.78. The van der Waals surface area contributed by atoms with Gasteiger partial charge in [0.2, 0.25) is 0 Å². The van der Waals surface area contributed by atoms with Gasteiger partial charge >= 0.3 is 6.11 Å². The molecule has 0 saturated heterocycles. The Bertz CT molecular complexity index is 828. The van der Waals surface area contributed by atoms with Gasteiger partial charge in [0.1, 0.15) is 5.75 Å². The third-order valence-corrected chi connectivity index (χ3v) is 6.24. The molecule has 0 N–H and O–H groups in total. The molecule has 2 aromatic carbocycles. The Morgan fingerprint density at radius 3 is 2.26 bits per heavy atom. The average Bonchev–Trinajstić information content (AvgIpc) is 2.78. The van der Waals surface area contributed by atoms with Gasteiger partial charge in [-0.2, -0.15) is 8.78 Å². The van der Waals surface area contributed by atoms with Crippen LogP contribution in [0.2, 0.25) is 0 Å². The van der Waals surface area contributed by atoms with Gasteiger partial charge in [-0.1, -0.05) is 62.3 Å². The number of hydrogen-bond donors (Lipinski definition) is 0. The highest BCUT2D eigenvalue weighted by molar-refractivity contribution is 5.50. The van der Waals surface area contributed by atoms with Crippen LogP contribution in [0.25, 0.3) is 6.08 Å². The zero-order chi connectivity index (χ0) is 22.1. The Morgan fingerprint density at radius 1 is 0.968 bits per heavy atom. The first-order chi connectivity index (χ1) is 15.0. The van der Waals surface area contributed by atoms with Crippen LogP contribution in [0.5, 0.6) is 5.75 Å². The minimum Gasteiger partial charge on any atom is -0.429 e. The summed E-state index contributed by atoms with van der Waals surface area (Å²) in [5.74, 6) is 1.49. The van der Waals surface area contributed by atoms with Crippen LogP contribution in [0.3, 0.4) is 0 Å². The Kier molecular flexibility index (Phi) is 8.45. The van der Waals surface area contributed by atoms with Gasteiger partial charge in [0.05, 0.1) is 5.56 Å². The lowest BCUT2D eigenvalue weighted by Crippen LogP contribution is -2.22. The molecule has 31 heavy (non-hydrogen) atoms. The van der Waals surface area contributed by atoms with Crippen LogP contribution >= 0.6 is 0 Å². The molecule has 0 bridgehead atoms. The van der Waals surface area contributed by atoms with E-state index in [1.165, 1.54) is 43.4 Å². The zero-order valence-electron chi connectivity index (χ0n) is 18.5. The van der Waals surface area contributed by atoms with E-state index in [-0.39, 0.29) is 11.3 Å². The van der Waals surface area contributed by atoms with Crippen LogP contribution in [0, 0.1) is 5.92 Å². The second-order valence-corrected chi connectivity index (χ2v) is 8.58. The summed E-state index contributed by atoms with van der Waals surface area (Å²) in [7, 11) is 0. The largest absolute Gasteiger partial charge is 0.429 e. The third-order valence-electron chi connectivity index (χ3n) is 6.24. The fourth-order valence-corrected chi connectivity index (χ4v) is 4.43. The lowest BCUT2D eigenvalue weighted by Gasteiger charge is -2.29. The molecule has 0 aliphatic heterocycles. The molecular weight excluding hydrogens is 390 g/mol. The van der Waals surface area contributed by atoms with Crippen molar-refractivity contribution in [3.8, 4) is 5.75 Å². The maximum Gasteiger partial charge on any atom is 0.426 e. The van der Waals surface area contributed by atoms with Crippen LogP contribution in [-0.4, -0.2) is 0 Å². The SMILES string of the molecule is C=CCC/C=C/c1ccc(OC(F)(F)c2ccc(C3CCC(CCC)CC3)cc2)cc1. The van der Waals surface area contributed by atoms with Gasteiger partial charge in [-0.15, -0.1) is 6.58 Å².